The minimum absolute atomic E-state index is 0.405. The van der Waals surface area contributed by atoms with E-state index < -0.39 is 30.4 Å². The highest BCUT2D eigenvalue weighted by atomic mass is 16.4. The van der Waals surface area contributed by atoms with Crippen molar-refractivity contribution in [3.05, 3.63) is 12.7 Å². The molecule has 60 valence electrons. The van der Waals surface area contributed by atoms with Crippen LogP contribution in [-0.4, -0.2) is 17.5 Å². The largest absolute Gasteiger partial charge is 0.550 e. The van der Waals surface area contributed by atoms with Crippen molar-refractivity contribution in [2.24, 2.45) is 0 Å². The van der Waals surface area contributed by atoms with Gasteiger partial charge in [0.1, 0.15) is 5.78 Å². The van der Waals surface area contributed by atoms with Crippen molar-refractivity contribution in [2.45, 2.75) is 12.8 Å². The van der Waals surface area contributed by atoms with Gasteiger partial charge in [0.05, 0.1) is 6.42 Å². The van der Waals surface area contributed by atoms with Crippen LogP contribution in [0.3, 0.4) is 0 Å². The number of hydrogen-bond acceptors (Lipinski definition) is 4. The van der Waals surface area contributed by atoms with E-state index in [0.717, 1.165) is 6.08 Å². The van der Waals surface area contributed by atoms with Crippen LogP contribution in [0.5, 0.6) is 0 Å². The molecule has 0 aliphatic heterocycles. The second-order valence-corrected chi connectivity index (χ2v) is 1.93. The molecule has 0 aromatic heterocycles. The highest BCUT2D eigenvalue weighted by Gasteiger charge is 2.05. The molecule has 0 saturated heterocycles. The van der Waals surface area contributed by atoms with Crippen molar-refractivity contribution in [1.82, 2.24) is 0 Å². The van der Waals surface area contributed by atoms with Gasteiger partial charge in [0.2, 0.25) is 0 Å². The molecule has 0 aliphatic carbocycles. The van der Waals surface area contributed by atoms with Gasteiger partial charge in [-0.1, -0.05) is 6.58 Å². The smallest absolute Gasteiger partial charge is 0.162 e. The number of ketones is 2. The van der Waals surface area contributed by atoms with Gasteiger partial charge in [-0.2, -0.15) is 0 Å². The Bertz CT molecular complexity index is 204. The van der Waals surface area contributed by atoms with E-state index in [2.05, 4.69) is 6.58 Å². The van der Waals surface area contributed by atoms with E-state index in [1.54, 1.807) is 0 Å². The van der Waals surface area contributed by atoms with E-state index in [9.17, 15) is 19.5 Å². The first-order valence-corrected chi connectivity index (χ1v) is 2.93. The second kappa shape index (κ2) is 4.38. The lowest BCUT2D eigenvalue weighted by Gasteiger charge is -1.97. The molecule has 0 aromatic rings. The van der Waals surface area contributed by atoms with Crippen LogP contribution in [0.4, 0.5) is 0 Å². The third-order valence-corrected chi connectivity index (χ3v) is 0.941. The molecule has 4 nitrogen and oxygen atoms in total. The van der Waals surface area contributed by atoms with Gasteiger partial charge >= 0.3 is 0 Å². The lowest BCUT2D eigenvalue weighted by Crippen LogP contribution is -2.25. The van der Waals surface area contributed by atoms with Crippen LogP contribution in [0.1, 0.15) is 12.8 Å². The number of aliphatic carboxylic acids is 1. The Kier molecular flexibility index (Phi) is 3.80. The summed E-state index contributed by atoms with van der Waals surface area (Å²) in [6.45, 7) is 3.13. The Morgan fingerprint density at radius 3 is 2.18 bits per heavy atom. The lowest BCUT2D eigenvalue weighted by atomic mass is 10.1. The van der Waals surface area contributed by atoms with Crippen molar-refractivity contribution in [1.29, 1.82) is 0 Å². The zero-order valence-electron chi connectivity index (χ0n) is 5.83. The molecule has 0 N–H and O–H groups in total. The Balaban J connectivity index is 3.78. The highest BCUT2D eigenvalue weighted by Crippen LogP contribution is 1.90. The Morgan fingerprint density at radius 1 is 1.27 bits per heavy atom. The van der Waals surface area contributed by atoms with Crippen LogP contribution in [0.25, 0.3) is 0 Å². The monoisotopic (exact) mass is 155 g/mol. The van der Waals surface area contributed by atoms with Gasteiger partial charge in [0.15, 0.2) is 5.78 Å². The van der Waals surface area contributed by atoms with Crippen molar-refractivity contribution >= 4 is 17.5 Å². The minimum Gasteiger partial charge on any atom is -0.550 e. The van der Waals surface area contributed by atoms with Gasteiger partial charge in [-0.25, -0.2) is 0 Å². The van der Waals surface area contributed by atoms with Crippen LogP contribution in [0.15, 0.2) is 12.7 Å². The number of carboxylic acids is 1. The first-order valence-electron chi connectivity index (χ1n) is 2.93. The number of carboxylic acid groups (broad SMARTS) is 1. The third kappa shape index (κ3) is 5.02. The summed E-state index contributed by atoms with van der Waals surface area (Å²) in [7, 11) is 0. The molecule has 0 radical (unpaired) electrons. The van der Waals surface area contributed by atoms with Gasteiger partial charge in [0, 0.05) is 12.4 Å². The average Bonchev–Trinajstić information content (AvgIpc) is 1.85. The molecule has 0 spiro atoms. The van der Waals surface area contributed by atoms with Crippen molar-refractivity contribution in [3.63, 3.8) is 0 Å². The van der Waals surface area contributed by atoms with E-state index in [4.69, 9.17) is 0 Å². The molecule has 0 aromatic carbocycles. The predicted molar refractivity (Wildman–Crippen MR) is 34.5 cm³/mol. The Labute approximate surface area is 63.5 Å². The number of carbonyl (C=O) groups is 3. The topological polar surface area (TPSA) is 74.3 Å². The molecule has 0 aliphatic rings. The maximum absolute atomic E-state index is 10.5. The molecular formula is C7H7O4-. The van der Waals surface area contributed by atoms with Crippen LogP contribution in [0.2, 0.25) is 0 Å². The molecule has 0 unspecified atom stereocenters. The van der Waals surface area contributed by atoms with Gasteiger partial charge in [-0.15, -0.1) is 0 Å². The molecule has 11 heavy (non-hydrogen) atoms. The average molecular weight is 155 g/mol. The summed E-state index contributed by atoms with van der Waals surface area (Å²) in [5, 5.41) is 9.81. The molecule has 4 heteroatoms. The lowest BCUT2D eigenvalue weighted by molar-refractivity contribution is -0.304. The zero-order chi connectivity index (χ0) is 8.85. The summed E-state index contributed by atoms with van der Waals surface area (Å²) in [5.41, 5.74) is 0. The molecule has 0 fully saturated rings. The van der Waals surface area contributed by atoms with Crippen LogP contribution in [0, 0.1) is 0 Å². The van der Waals surface area contributed by atoms with Crippen molar-refractivity contribution in [2.75, 3.05) is 0 Å². The van der Waals surface area contributed by atoms with Gasteiger partial charge in [0.25, 0.3) is 0 Å². The maximum atomic E-state index is 10.5. The Hall–Kier alpha value is -1.45. The summed E-state index contributed by atoms with van der Waals surface area (Å²) < 4.78 is 0. The van der Waals surface area contributed by atoms with Crippen LogP contribution >= 0.6 is 0 Å². The fraction of sp³-hybridized carbons (Fsp3) is 0.286. The Morgan fingerprint density at radius 2 is 1.82 bits per heavy atom. The summed E-state index contributed by atoms with van der Waals surface area (Å²) in [6.07, 6.45) is -0.135. The summed E-state index contributed by atoms with van der Waals surface area (Å²) in [5.74, 6) is -2.60. The maximum Gasteiger partial charge on any atom is 0.162 e. The third-order valence-electron chi connectivity index (χ3n) is 0.941. The molecule has 0 atom stereocenters. The number of allylic oxidation sites excluding steroid dienone is 1. The van der Waals surface area contributed by atoms with E-state index in [1.165, 1.54) is 0 Å². The van der Waals surface area contributed by atoms with E-state index in [-0.39, 0.29) is 0 Å². The molecule has 0 saturated carbocycles. The quantitative estimate of drug-likeness (QED) is 0.370. The van der Waals surface area contributed by atoms with Crippen molar-refractivity contribution in [3.8, 4) is 0 Å². The van der Waals surface area contributed by atoms with E-state index in [0.29, 0.717) is 0 Å². The van der Waals surface area contributed by atoms with Crippen molar-refractivity contribution < 1.29 is 19.5 Å². The normalized spacial score (nSPS) is 8.73. The van der Waals surface area contributed by atoms with E-state index in [1.807, 2.05) is 0 Å². The summed E-state index contributed by atoms with van der Waals surface area (Å²) in [6, 6.07) is 0. The second-order valence-electron chi connectivity index (χ2n) is 1.93. The van der Waals surface area contributed by atoms with Gasteiger partial charge in [-0.3, -0.25) is 9.59 Å². The molecular weight excluding hydrogens is 148 g/mol. The van der Waals surface area contributed by atoms with Gasteiger partial charge in [-0.05, 0) is 6.08 Å². The summed E-state index contributed by atoms with van der Waals surface area (Å²) >= 11 is 0. The molecule has 0 bridgehead atoms. The minimum atomic E-state index is -1.47. The molecule has 0 amide bonds. The number of rotatable bonds is 5. The first kappa shape index (κ1) is 9.55. The number of carbonyl (C=O) groups excluding carboxylic acids is 3. The molecule has 0 rings (SSSR count). The van der Waals surface area contributed by atoms with E-state index >= 15 is 0 Å². The van der Waals surface area contributed by atoms with Gasteiger partial charge < -0.3 is 9.90 Å². The standard InChI is InChI=1S/C7H8O4/c1-2-5(8)3-6(9)4-7(10)11/h2H,1,3-4H2,(H,10,11)/p-1. The molecule has 0 heterocycles. The van der Waals surface area contributed by atoms with Crippen LogP contribution < -0.4 is 5.11 Å². The number of Topliss-reactive ketones (excluding diaryl/α,β-unsaturated/α-hetero) is 1. The fourth-order valence-corrected chi connectivity index (χ4v) is 0.490. The SMILES string of the molecule is C=CC(=O)CC(=O)CC(=O)[O-]. The predicted octanol–water partition coefficient (Wildman–Crippen LogP) is -1.16. The number of hydrogen-bond donors (Lipinski definition) is 0. The fourth-order valence-electron chi connectivity index (χ4n) is 0.490. The highest BCUT2D eigenvalue weighted by molar-refractivity contribution is 6.08. The zero-order valence-corrected chi connectivity index (χ0v) is 5.83. The first-order chi connectivity index (χ1) is 5.06. The van der Waals surface area contributed by atoms with Crippen LogP contribution in [-0.2, 0) is 14.4 Å². The summed E-state index contributed by atoms with van der Waals surface area (Å²) in [4.78, 5) is 30.8.